The molecule has 2 rings (SSSR count). The van der Waals surface area contributed by atoms with Crippen LogP contribution in [0.4, 0.5) is 0 Å². The van der Waals surface area contributed by atoms with E-state index in [1.165, 1.54) is 11.3 Å². The molecule has 1 aliphatic heterocycles. The van der Waals surface area contributed by atoms with Gasteiger partial charge in [-0.3, -0.25) is 9.59 Å². The van der Waals surface area contributed by atoms with E-state index in [2.05, 4.69) is 0 Å². The van der Waals surface area contributed by atoms with Crippen LogP contribution in [-0.4, -0.2) is 35.4 Å². The molecule has 98 valence electrons. The van der Waals surface area contributed by atoms with Crippen LogP contribution in [0.1, 0.15) is 12.8 Å². The quantitative estimate of drug-likeness (QED) is 0.861. The summed E-state index contributed by atoms with van der Waals surface area (Å²) in [6.07, 6.45) is -0.597. The molecule has 0 atom stereocenters. The third-order valence-corrected chi connectivity index (χ3v) is 3.41. The molecule has 2 heterocycles. The van der Waals surface area contributed by atoms with Gasteiger partial charge in [-0.05, 0) is 0 Å². The van der Waals surface area contributed by atoms with Gasteiger partial charge in [0.15, 0.2) is 11.5 Å². The van der Waals surface area contributed by atoms with Crippen molar-refractivity contribution in [3.05, 3.63) is 10.8 Å². The lowest BCUT2D eigenvalue weighted by molar-refractivity contribution is -0.145. The Kier molecular flexibility index (Phi) is 3.42. The van der Waals surface area contributed by atoms with E-state index in [0.717, 1.165) is 0 Å². The number of hydrogen-bond donors (Lipinski definition) is 2. The SMILES string of the molecule is O=C(O)CC1(CC(=O)O)COc2cscc2OC1. The summed E-state index contributed by atoms with van der Waals surface area (Å²) in [5, 5.41) is 21.3. The minimum absolute atomic E-state index is 0.0231. The van der Waals surface area contributed by atoms with Gasteiger partial charge in [-0.1, -0.05) is 0 Å². The molecule has 0 unspecified atom stereocenters. The summed E-state index contributed by atoms with van der Waals surface area (Å²) >= 11 is 1.41. The lowest BCUT2D eigenvalue weighted by Crippen LogP contribution is -2.38. The van der Waals surface area contributed by atoms with E-state index in [0.29, 0.717) is 11.5 Å². The molecule has 1 aromatic rings. The Morgan fingerprint density at radius 2 is 1.56 bits per heavy atom. The molecule has 0 spiro atoms. The number of thiophene rings is 1. The van der Waals surface area contributed by atoms with Crippen LogP contribution in [0.2, 0.25) is 0 Å². The summed E-state index contributed by atoms with van der Waals surface area (Å²) in [4.78, 5) is 21.8. The first-order chi connectivity index (χ1) is 8.51. The van der Waals surface area contributed by atoms with Gasteiger partial charge in [0.2, 0.25) is 0 Å². The molecule has 6 nitrogen and oxygen atoms in total. The Bertz CT molecular complexity index is 425. The topological polar surface area (TPSA) is 93.1 Å². The van der Waals surface area contributed by atoms with Crippen LogP contribution in [0.15, 0.2) is 10.8 Å². The molecule has 0 radical (unpaired) electrons. The third-order valence-electron chi connectivity index (χ3n) is 2.71. The standard InChI is InChI=1S/C11H12O6S/c12-9(13)1-11(2-10(14)15)5-16-7-3-18-4-8(7)17-6-11/h3-4H,1-2,5-6H2,(H,12,13)(H,14,15). The first-order valence-electron chi connectivity index (χ1n) is 5.26. The zero-order chi connectivity index (χ0) is 13.2. The fourth-order valence-electron chi connectivity index (χ4n) is 1.90. The normalized spacial score (nSPS) is 16.9. The van der Waals surface area contributed by atoms with Gasteiger partial charge in [-0.15, -0.1) is 11.3 Å². The molecule has 0 aromatic carbocycles. The Balaban J connectivity index is 2.18. The molecule has 0 saturated carbocycles. The molecule has 1 aromatic heterocycles. The van der Waals surface area contributed by atoms with Crippen molar-refractivity contribution in [1.29, 1.82) is 0 Å². The van der Waals surface area contributed by atoms with Gasteiger partial charge in [0, 0.05) is 10.8 Å². The van der Waals surface area contributed by atoms with Gasteiger partial charge >= 0.3 is 11.9 Å². The number of fused-ring (bicyclic) bond motifs is 1. The number of hydrogen-bond acceptors (Lipinski definition) is 5. The largest absolute Gasteiger partial charge is 0.488 e. The van der Waals surface area contributed by atoms with E-state index >= 15 is 0 Å². The number of ether oxygens (including phenoxy) is 2. The number of aliphatic carboxylic acids is 2. The highest BCUT2D eigenvalue weighted by Gasteiger charge is 2.39. The van der Waals surface area contributed by atoms with Gasteiger partial charge in [0.25, 0.3) is 0 Å². The van der Waals surface area contributed by atoms with Crippen LogP contribution in [0.3, 0.4) is 0 Å². The third kappa shape index (κ3) is 2.73. The van der Waals surface area contributed by atoms with Crippen LogP contribution in [0, 0.1) is 5.41 Å². The molecular weight excluding hydrogens is 260 g/mol. The summed E-state index contributed by atoms with van der Waals surface area (Å²) in [5.74, 6) is -1.05. The molecule has 7 heteroatoms. The molecule has 1 aliphatic rings. The average molecular weight is 272 g/mol. The molecule has 0 fully saturated rings. The molecule has 0 aliphatic carbocycles. The Morgan fingerprint density at radius 1 is 1.11 bits per heavy atom. The van der Waals surface area contributed by atoms with E-state index in [-0.39, 0.29) is 26.1 Å². The monoisotopic (exact) mass is 272 g/mol. The summed E-state index contributed by atoms with van der Waals surface area (Å²) in [6, 6.07) is 0. The molecule has 2 N–H and O–H groups in total. The second kappa shape index (κ2) is 4.85. The number of carboxylic acids is 2. The summed E-state index contributed by atoms with van der Waals surface area (Å²) in [7, 11) is 0. The van der Waals surface area contributed by atoms with Crippen LogP contribution in [-0.2, 0) is 9.59 Å². The summed E-state index contributed by atoms with van der Waals surface area (Å²) in [5.41, 5.74) is -1.03. The van der Waals surface area contributed by atoms with Crippen LogP contribution in [0.5, 0.6) is 11.5 Å². The van der Waals surface area contributed by atoms with E-state index in [4.69, 9.17) is 19.7 Å². The molecular formula is C11H12O6S. The average Bonchev–Trinajstić information content (AvgIpc) is 2.63. The van der Waals surface area contributed by atoms with Crippen molar-refractivity contribution in [3.8, 4) is 11.5 Å². The van der Waals surface area contributed by atoms with Crippen molar-refractivity contribution in [2.75, 3.05) is 13.2 Å². The maximum atomic E-state index is 10.9. The maximum Gasteiger partial charge on any atom is 0.304 e. The highest BCUT2D eigenvalue weighted by atomic mass is 32.1. The predicted molar refractivity (Wildman–Crippen MR) is 62.2 cm³/mol. The Morgan fingerprint density at radius 3 is 1.94 bits per heavy atom. The van der Waals surface area contributed by atoms with Gasteiger partial charge in [0.05, 0.1) is 31.5 Å². The number of carboxylic acid groups (broad SMARTS) is 2. The zero-order valence-electron chi connectivity index (χ0n) is 9.42. The van der Waals surface area contributed by atoms with E-state index in [1.54, 1.807) is 10.8 Å². The number of rotatable bonds is 4. The van der Waals surface area contributed by atoms with Crippen molar-refractivity contribution >= 4 is 23.3 Å². The maximum absolute atomic E-state index is 10.9. The smallest absolute Gasteiger partial charge is 0.304 e. The molecule has 0 bridgehead atoms. The second-order valence-electron chi connectivity index (χ2n) is 4.32. The minimum Gasteiger partial charge on any atom is -0.488 e. The summed E-state index contributed by atoms with van der Waals surface area (Å²) < 4.78 is 10.9. The summed E-state index contributed by atoms with van der Waals surface area (Å²) in [6.45, 7) is 0.0463. The van der Waals surface area contributed by atoms with E-state index < -0.39 is 17.4 Å². The minimum atomic E-state index is -1.06. The lowest BCUT2D eigenvalue weighted by atomic mass is 9.82. The van der Waals surface area contributed by atoms with Crippen molar-refractivity contribution < 1.29 is 29.3 Å². The fraction of sp³-hybridized carbons (Fsp3) is 0.455. The predicted octanol–water partition coefficient (Wildman–Crippen LogP) is 1.46. The van der Waals surface area contributed by atoms with E-state index in [9.17, 15) is 9.59 Å². The number of carbonyl (C=O) groups is 2. The van der Waals surface area contributed by atoms with E-state index in [1.807, 2.05) is 0 Å². The highest BCUT2D eigenvalue weighted by Crippen LogP contribution is 2.39. The van der Waals surface area contributed by atoms with Crippen LogP contribution in [0.25, 0.3) is 0 Å². The fourth-order valence-corrected chi connectivity index (χ4v) is 2.58. The van der Waals surface area contributed by atoms with Gasteiger partial charge in [0.1, 0.15) is 0 Å². The first-order valence-corrected chi connectivity index (χ1v) is 6.20. The molecule has 0 saturated heterocycles. The van der Waals surface area contributed by atoms with Crippen LogP contribution >= 0.6 is 11.3 Å². The molecule has 18 heavy (non-hydrogen) atoms. The molecule has 0 amide bonds. The van der Waals surface area contributed by atoms with Crippen molar-refractivity contribution in [3.63, 3.8) is 0 Å². The van der Waals surface area contributed by atoms with Crippen LogP contribution < -0.4 is 9.47 Å². The Labute approximate surface area is 107 Å². The zero-order valence-corrected chi connectivity index (χ0v) is 10.2. The Hall–Kier alpha value is -1.76. The van der Waals surface area contributed by atoms with Crippen molar-refractivity contribution in [2.24, 2.45) is 5.41 Å². The second-order valence-corrected chi connectivity index (χ2v) is 5.06. The van der Waals surface area contributed by atoms with Crippen molar-refractivity contribution in [2.45, 2.75) is 12.8 Å². The van der Waals surface area contributed by atoms with Gasteiger partial charge < -0.3 is 19.7 Å². The van der Waals surface area contributed by atoms with Gasteiger partial charge in [-0.25, -0.2) is 0 Å². The highest BCUT2D eigenvalue weighted by molar-refractivity contribution is 7.08. The first kappa shape index (κ1) is 12.7. The van der Waals surface area contributed by atoms with Crippen molar-refractivity contribution in [1.82, 2.24) is 0 Å². The van der Waals surface area contributed by atoms with Gasteiger partial charge in [-0.2, -0.15) is 0 Å². The lowest BCUT2D eigenvalue weighted by Gasteiger charge is -2.27.